The first-order valence-corrected chi connectivity index (χ1v) is 6.50. The number of hydrogen-bond donors (Lipinski definition) is 1. The van der Waals surface area contributed by atoms with Gasteiger partial charge in [-0.3, -0.25) is 0 Å². The van der Waals surface area contributed by atoms with Crippen LogP contribution in [-0.2, 0) is 6.54 Å². The fourth-order valence-corrected chi connectivity index (χ4v) is 1.97. The molecule has 18 heavy (non-hydrogen) atoms. The fourth-order valence-electron chi connectivity index (χ4n) is 1.77. The Morgan fingerprint density at radius 1 is 1.44 bits per heavy atom. The van der Waals surface area contributed by atoms with Crippen molar-refractivity contribution in [3.8, 4) is 17.2 Å². The Morgan fingerprint density at radius 3 is 2.94 bits per heavy atom. The largest absolute Gasteiger partial charge is 0.493 e. The van der Waals surface area contributed by atoms with Crippen LogP contribution in [0.1, 0.15) is 5.56 Å². The highest BCUT2D eigenvalue weighted by Gasteiger charge is 2.18. The summed E-state index contributed by atoms with van der Waals surface area (Å²) in [6.07, 6.45) is 0. The Labute approximate surface area is 115 Å². The molecule has 0 unspecified atom stereocenters. The van der Waals surface area contributed by atoms with Crippen molar-refractivity contribution in [1.82, 2.24) is 5.32 Å². The number of ether oxygens (including phenoxy) is 3. The molecule has 2 rings (SSSR count). The van der Waals surface area contributed by atoms with Crippen molar-refractivity contribution in [3.05, 3.63) is 28.8 Å². The van der Waals surface area contributed by atoms with Crippen molar-refractivity contribution in [1.29, 1.82) is 0 Å². The third-order valence-electron chi connectivity index (χ3n) is 2.53. The average Bonchev–Trinajstić information content (AvgIpc) is 2.37. The van der Waals surface area contributed by atoms with Gasteiger partial charge in [0, 0.05) is 17.6 Å². The zero-order valence-corrected chi connectivity index (χ0v) is 11.9. The van der Waals surface area contributed by atoms with Crippen molar-refractivity contribution in [2.24, 2.45) is 0 Å². The molecule has 98 valence electrons. The van der Waals surface area contributed by atoms with Gasteiger partial charge >= 0.3 is 0 Å². The first-order valence-electron chi connectivity index (χ1n) is 5.71. The van der Waals surface area contributed by atoms with E-state index in [0.717, 1.165) is 28.9 Å². The molecule has 1 N–H and O–H groups in total. The van der Waals surface area contributed by atoms with Gasteiger partial charge in [0.2, 0.25) is 5.75 Å². The van der Waals surface area contributed by atoms with Crippen LogP contribution >= 0.6 is 15.9 Å². The molecule has 0 saturated carbocycles. The van der Waals surface area contributed by atoms with E-state index in [-0.39, 0.29) is 0 Å². The van der Waals surface area contributed by atoms with Crippen molar-refractivity contribution < 1.29 is 14.2 Å². The third kappa shape index (κ3) is 3.17. The molecule has 0 bridgehead atoms. The maximum absolute atomic E-state index is 5.57. The molecule has 1 heterocycles. The van der Waals surface area contributed by atoms with Gasteiger partial charge in [-0.1, -0.05) is 22.5 Å². The fraction of sp³-hybridized carbons (Fsp3) is 0.385. The van der Waals surface area contributed by atoms with E-state index in [1.807, 2.05) is 12.1 Å². The van der Waals surface area contributed by atoms with Gasteiger partial charge in [0.25, 0.3) is 0 Å². The van der Waals surface area contributed by atoms with E-state index >= 15 is 0 Å². The second-order valence-electron chi connectivity index (χ2n) is 3.94. The lowest BCUT2D eigenvalue weighted by molar-refractivity contribution is 0.165. The van der Waals surface area contributed by atoms with Gasteiger partial charge in [0.15, 0.2) is 11.5 Å². The van der Waals surface area contributed by atoms with Crippen LogP contribution in [0.3, 0.4) is 0 Å². The minimum atomic E-state index is 0.560. The number of rotatable bonds is 5. The van der Waals surface area contributed by atoms with Gasteiger partial charge < -0.3 is 19.5 Å². The Bertz CT molecular complexity index is 431. The predicted molar refractivity (Wildman–Crippen MR) is 73.8 cm³/mol. The van der Waals surface area contributed by atoms with Crippen LogP contribution in [0.4, 0.5) is 0 Å². The summed E-state index contributed by atoms with van der Waals surface area (Å²) in [5, 5.41) is 3.26. The van der Waals surface area contributed by atoms with E-state index in [4.69, 9.17) is 14.2 Å². The summed E-state index contributed by atoms with van der Waals surface area (Å²) < 4.78 is 17.4. The topological polar surface area (TPSA) is 39.7 Å². The van der Waals surface area contributed by atoms with E-state index in [1.54, 1.807) is 7.11 Å². The number of methoxy groups -OCH3 is 1. The molecule has 1 aromatic rings. The Kier molecular flexibility index (Phi) is 4.49. The highest BCUT2D eigenvalue weighted by Crippen LogP contribution is 2.40. The molecular formula is C13H16BrNO3. The lowest BCUT2D eigenvalue weighted by atomic mass is 10.1. The predicted octanol–water partition coefficient (Wildman–Crippen LogP) is 2.46. The minimum Gasteiger partial charge on any atom is -0.493 e. The minimum absolute atomic E-state index is 0.560. The van der Waals surface area contributed by atoms with E-state index in [0.29, 0.717) is 24.7 Å². The summed E-state index contributed by atoms with van der Waals surface area (Å²) in [5.74, 6) is 2.15. The summed E-state index contributed by atoms with van der Waals surface area (Å²) in [4.78, 5) is 0. The van der Waals surface area contributed by atoms with Gasteiger partial charge in [-0.25, -0.2) is 0 Å². The number of fused-ring (bicyclic) bond motifs is 1. The third-order valence-corrected chi connectivity index (χ3v) is 2.81. The van der Waals surface area contributed by atoms with Crippen LogP contribution in [-0.4, -0.2) is 26.9 Å². The van der Waals surface area contributed by atoms with Crippen LogP contribution in [0, 0.1) is 0 Å². The molecule has 0 spiro atoms. The lowest BCUT2D eigenvalue weighted by Gasteiger charge is -2.21. The molecule has 0 aromatic heterocycles. The van der Waals surface area contributed by atoms with Crippen LogP contribution < -0.4 is 19.5 Å². The molecular weight excluding hydrogens is 298 g/mol. The Morgan fingerprint density at radius 2 is 2.22 bits per heavy atom. The van der Waals surface area contributed by atoms with Gasteiger partial charge in [-0.2, -0.15) is 0 Å². The summed E-state index contributed by atoms with van der Waals surface area (Å²) in [7, 11) is 1.63. The molecule has 1 aliphatic rings. The number of hydrogen-bond acceptors (Lipinski definition) is 4. The van der Waals surface area contributed by atoms with Crippen LogP contribution in [0.2, 0.25) is 0 Å². The summed E-state index contributed by atoms with van der Waals surface area (Å²) in [6.45, 7) is 6.35. The quantitative estimate of drug-likeness (QED) is 0.906. The first-order chi connectivity index (χ1) is 8.70. The number of nitrogens with one attached hydrogen (secondary N) is 1. The van der Waals surface area contributed by atoms with Crippen molar-refractivity contribution in [3.63, 3.8) is 0 Å². The van der Waals surface area contributed by atoms with Crippen LogP contribution in [0.25, 0.3) is 0 Å². The van der Waals surface area contributed by atoms with Crippen molar-refractivity contribution in [2.45, 2.75) is 6.54 Å². The normalized spacial score (nSPS) is 13.2. The standard InChI is InChI=1S/C13H16BrNO3/c1-9(14)7-15-8-10-5-11(16-2)13-12(6-10)17-3-4-18-13/h5-6,15H,1,3-4,7-8H2,2H3. The molecule has 0 fully saturated rings. The zero-order chi connectivity index (χ0) is 13.0. The van der Waals surface area contributed by atoms with Crippen molar-refractivity contribution in [2.75, 3.05) is 26.9 Å². The van der Waals surface area contributed by atoms with E-state index in [2.05, 4.69) is 27.8 Å². The Hall–Kier alpha value is -1.20. The highest BCUT2D eigenvalue weighted by atomic mass is 79.9. The second kappa shape index (κ2) is 6.11. The van der Waals surface area contributed by atoms with Crippen molar-refractivity contribution >= 4 is 15.9 Å². The monoisotopic (exact) mass is 313 g/mol. The van der Waals surface area contributed by atoms with E-state index in [9.17, 15) is 0 Å². The molecule has 0 atom stereocenters. The zero-order valence-electron chi connectivity index (χ0n) is 10.3. The van der Waals surface area contributed by atoms with Gasteiger partial charge in [-0.05, 0) is 17.7 Å². The molecule has 1 aromatic carbocycles. The number of benzene rings is 1. The molecule has 4 nitrogen and oxygen atoms in total. The number of halogens is 1. The molecule has 0 saturated heterocycles. The smallest absolute Gasteiger partial charge is 0.203 e. The molecule has 0 radical (unpaired) electrons. The first kappa shape index (κ1) is 13.2. The summed E-state index contributed by atoms with van der Waals surface area (Å²) in [6, 6.07) is 3.93. The maximum atomic E-state index is 5.57. The molecule has 0 amide bonds. The van der Waals surface area contributed by atoms with E-state index < -0.39 is 0 Å². The maximum Gasteiger partial charge on any atom is 0.203 e. The summed E-state index contributed by atoms with van der Waals surface area (Å²) in [5.41, 5.74) is 1.09. The molecule has 0 aliphatic carbocycles. The van der Waals surface area contributed by atoms with Gasteiger partial charge in [0.05, 0.1) is 7.11 Å². The Balaban J connectivity index is 2.13. The highest BCUT2D eigenvalue weighted by molar-refractivity contribution is 9.11. The SMILES string of the molecule is C=C(Br)CNCc1cc(OC)c2c(c1)OCCO2. The van der Waals surface area contributed by atoms with Crippen LogP contribution in [0.5, 0.6) is 17.2 Å². The van der Waals surface area contributed by atoms with Gasteiger partial charge in [0.1, 0.15) is 13.2 Å². The van der Waals surface area contributed by atoms with Gasteiger partial charge in [-0.15, -0.1) is 0 Å². The lowest BCUT2D eigenvalue weighted by Crippen LogP contribution is -2.18. The summed E-state index contributed by atoms with van der Waals surface area (Å²) >= 11 is 3.31. The average molecular weight is 314 g/mol. The second-order valence-corrected chi connectivity index (χ2v) is 5.06. The van der Waals surface area contributed by atoms with Crippen LogP contribution in [0.15, 0.2) is 23.2 Å². The van der Waals surface area contributed by atoms with E-state index in [1.165, 1.54) is 0 Å². The molecule has 5 heteroatoms. The molecule has 1 aliphatic heterocycles.